The van der Waals surface area contributed by atoms with E-state index in [9.17, 15) is 0 Å². The highest BCUT2D eigenvalue weighted by Crippen LogP contribution is 2.30. The van der Waals surface area contributed by atoms with Gasteiger partial charge in [-0.1, -0.05) is 45.0 Å². The van der Waals surface area contributed by atoms with Crippen molar-refractivity contribution in [3.63, 3.8) is 0 Å². The Kier molecular flexibility index (Phi) is 3.94. The van der Waals surface area contributed by atoms with Crippen LogP contribution in [0.25, 0.3) is 10.9 Å². The molecule has 0 radical (unpaired) electrons. The summed E-state index contributed by atoms with van der Waals surface area (Å²) in [6.07, 6.45) is 1.83. The number of hydrazine groups is 1. The van der Waals surface area contributed by atoms with E-state index in [1.807, 2.05) is 12.3 Å². The van der Waals surface area contributed by atoms with Crippen molar-refractivity contribution in [1.82, 2.24) is 10.4 Å². The molecule has 1 heterocycles. The zero-order valence-electron chi connectivity index (χ0n) is 11.2. The van der Waals surface area contributed by atoms with E-state index in [0.29, 0.717) is 11.8 Å². The van der Waals surface area contributed by atoms with Gasteiger partial charge in [0.25, 0.3) is 0 Å². The van der Waals surface area contributed by atoms with Gasteiger partial charge >= 0.3 is 0 Å². The molecule has 0 aliphatic heterocycles. The summed E-state index contributed by atoms with van der Waals surface area (Å²) in [4.78, 5) is 4.50. The van der Waals surface area contributed by atoms with Crippen LogP contribution in [-0.2, 0) is 0 Å². The van der Waals surface area contributed by atoms with Crippen molar-refractivity contribution >= 4 is 10.9 Å². The molecule has 2 unspecified atom stereocenters. The number of nitrogens with two attached hydrogens (primary N) is 1. The fourth-order valence-corrected chi connectivity index (χ4v) is 2.29. The van der Waals surface area contributed by atoms with Crippen molar-refractivity contribution < 1.29 is 0 Å². The van der Waals surface area contributed by atoms with Crippen LogP contribution in [0.3, 0.4) is 0 Å². The maximum Gasteiger partial charge on any atom is 0.0750 e. The van der Waals surface area contributed by atoms with E-state index in [-0.39, 0.29) is 6.04 Å². The molecule has 0 saturated heterocycles. The van der Waals surface area contributed by atoms with Gasteiger partial charge in [0.2, 0.25) is 0 Å². The molecule has 96 valence electrons. The largest absolute Gasteiger partial charge is 0.271 e. The number of aromatic nitrogens is 1. The first-order valence-corrected chi connectivity index (χ1v) is 6.45. The van der Waals surface area contributed by atoms with Gasteiger partial charge in [-0.3, -0.25) is 16.3 Å². The molecular formula is C15H21N3. The Balaban J connectivity index is 2.51. The van der Waals surface area contributed by atoms with E-state index in [1.54, 1.807) is 0 Å². The van der Waals surface area contributed by atoms with Gasteiger partial charge in [0.1, 0.15) is 0 Å². The smallest absolute Gasteiger partial charge is 0.0750 e. The molecule has 1 aromatic carbocycles. The molecule has 0 amide bonds. The van der Waals surface area contributed by atoms with Crippen molar-refractivity contribution in [3.05, 3.63) is 42.1 Å². The van der Waals surface area contributed by atoms with Crippen LogP contribution in [0.1, 0.15) is 32.4 Å². The van der Waals surface area contributed by atoms with Gasteiger partial charge in [0, 0.05) is 11.6 Å². The molecule has 3 heteroatoms. The molecule has 3 nitrogen and oxygen atoms in total. The van der Waals surface area contributed by atoms with E-state index in [2.05, 4.69) is 55.4 Å². The number of rotatable bonds is 4. The lowest BCUT2D eigenvalue weighted by Gasteiger charge is -2.27. The lowest BCUT2D eigenvalue weighted by Crippen LogP contribution is -2.34. The van der Waals surface area contributed by atoms with Crippen molar-refractivity contribution in [2.45, 2.75) is 26.8 Å². The van der Waals surface area contributed by atoms with Crippen LogP contribution in [-0.4, -0.2) is 4.98 Å². The summed E-state index contributed by atoms with van der Waals surface area (Å²) in [7, 11) is 0. The molecule has 3 N–H and O–H groups in total. The van der Waals surface area contributed by atoms with Gasteiger partial charge in [-0.2, -0.15) is 0 Å². The highest BCUT2D eigenvalue weighted by atomic mass is 15.2. The third-order valence-corrected chi connectivity index (χ3v) is 3.76. The predicted molar refractivity (Wildman–Crippen MR) is 75.8 cm³/mol. The van der Waals surface area contributed by atoms with Crippen LogP contribution in [0, 0.1) is 11.8 Å². The van der Waals surface area contributed by atoms with Crippen molar-refractivity contribution in [2.24, 2.45) is 17.7 Å². The summed E-state index contributed by atoms with van der Waals surface area (Å²) in [5, 5.41) is 1.16. The Morgan fingerprint density at radius 2 is 1.83 bits per heavy atom. The van der Waals surface area contributed by atoms with E-state index >= 15 is 0 Å². The third-order valence-electron chi connectivity index (χ3n) is 3.76. The van der Waals surface area contributed by atoms with Crippen LogP contribution < -0.4 is 11.3 Å². The van der Waals surface area contributed by atoms with Gasteiger partial charge in [-0.15, -0.1) is 0 Å². The second kappa shape index (κ2) is 5.46. The zero-order valence-corrected chi connectivity index (χ0v) is 11.2. The fraction of sp³-hybridized carbons (Fsp3) is 0.400. The Hall–Kier alpha value is -1.45. The average molecular weight is 243 g/mol. The van der Waals surface area contributed by atoms with Crippen LogP contribution in [0.5, 0.6) is 0 Å². The molecule has 18 heavy (non-hydrogen) atoms. The molecular weight excluding hydrogens is 222 g/mol. The molecule has 2 rings (SSSR count). The van der Waals surface area contributed by atoms with Gasteiger partial charge in [-0.05, 0) is 23.5 Å². The lowest BCUT2D eigenvalue weighted by molar-refractivity contribution is 0.307. The van der Waals surface area contributed by atoms with Crippen LogP contribution in [0.2, 0.25) is 0 Å². The monoisotopic (exact) mass is 243 g/mol. The Bertz CT molecular complexity index is 517. The van der Waals surface area contributed by atoms with E-state index in [0.717, 1.165) is 10.9 Å². The minimum Gasteiger partial charge on any atom is -0.271 e. The molecule has 0 saturated carbocycles. The van der Waals surface area contributed by atoms with Crippen LogP contribution in [0.4, 0.5) is 0 Å². The Morgan fingerprint density at radius 3 is 2.50 bits per heavy atom. The SMILES string of the molecule is CC(C)C(C)C(NN)c1cccc2cccnc12. The molecule has 0 aliphatic rings. The van der Waals surface area contributed by atoms with E-state index in [4.69, 9.17) is 5.84 Å². The molecule has 0 fully saturated rings. The molecule has 0 aliphatic carbocycles. The van der Waals surface area contributed by atoms with E-state index in [1.165, 1.54) is 5.56 Å². The predicted octanol–water partition coefficient (Wildman–Crippen LogP) is 3.03. The molecule has 2 aromatic rings. The van der Waals surface area contributed by atoms with Gasteiger partial charge in [0.15, 0.2) is 0 Å². The first-order valence-electron chi connectivity index (χ1n) is 6.45. The Morgan fingerprint density at radius 1 is 1.11 bits per heavy atom. The lowest BCUT2D eigenvalue weighted by atomic mass is 9.85. The number of nitrogens with zero attached hydrogens (tertiary/aromatic N) is 1. The minimum absolute atomic E-state index is 0.128. The topological polar surface area (TPSA) is 50.9 Å². The first-order chi connectivity index (χ1) is 8.65. The second-order valence-electron chi connectivity index (χ2n) is 5.17. The minimum atomic E-state index is 0.128. The summed E-state index contributed by atoms with van der Waals surface area (Å²) >= 11 is 0. The Labute approximate surface area is 108 Å². The van der Waals surface area contributed by atoms with Gasteiger partial charge in [-0.25, -0.2) is 0 Å². The number of para-hydroxylation sites is 1. The number of nitrogens with one attached hydrogen (secondary N) is 1. The summed E-state index contributed by atoms with van der Waals surface area (Å²) in [5.41, 5.74) is 5.17. The second-order valence-corrected chi connectivity index (χ2v) is 5.17. The molecule has 0 spiro atoms. The summed E-state index contributed by atoms with van der Waals surface area (Å²) in [6.45, 7) is 6.65. The van der Waals surface area contributed by atoms with Gasteiger partial charge < -0.3 is 0 Å². The molecule has 1 aromatic heterocycles. The summed E-state index contributed by atoms with van der Waals surface area (Å²) in [6, 6.07) is 10.4. The summed E-state index contributed by atoms with van der Waals surface area (Å²) < 4.78 is 0. The van der Waals surface area contributed by atoms with Gasteiger partial charge in [0.05, 0.1) is 11.6 Å². The third kappa shape index (κ3) is 2.37. The van der Waals surface area contributed by atoms with Crippen molar-refractivity contribution in [2.75, 3.05) is 0 Å². The normalized spacial score (nSPS) is 14.9. The van der Waals surface area contributed by atoms with Crippen molar-refractivity contribution in [3.8, 4) is 0 Å². The quantitative estimate of drug-likeness (QED) is 0.641. The van der Waals surface area contributed by atoms with Crippen LogP contribution >= 0.6 is 0 Å². The number of benzene rings is 1. The highest BCUT2D eigenvalue weighted by Gasteiger charge is 2.22. The van der Waals surface area contributed by atoms with Crippen molar-refractivity contribution in [1.29, 1.82) is 0 Å². The number of fused-ring (bicyclic) bond motifs is 1. The number of hydrogen-bond donors (Lipinski definition) is 2. The number of pyridine rings is 1. The first kappa shape index (κ1) is 13.0. The average Bonchev–Trinajstić information content (AvgIpc) is 2.39. The fourth-order valence-electron chi connectivity index (χ4n) is 2.29. The standard InChI is InChI=1S/C15H21N3/c1-10(2)11(3)14(18-16)13-8-4-6-12-7-5-9-17-15(12)13/h4-11,14,18H,16H2,1-3H3. The maximum absolute atomic E-state index is 5.76. The molecule has 0 bridgehead atoms. The zero-order chi connectivity index (χ0) is 13.1. The highest BCUT2D eigenvalue weighted by molar-refractivity contribution is 5.82. The molecule has 2 atom stereocenters. The number of hydrogen-bond acceptors (Lipinski definition) is 3. The summed E-state index contributed by atoms with van der Waals surface area (Å²) in [5.74, 6) is 6.76. The van der Waals surface area contributed by atoms with Crippen LogP contribution in [0.15, 0.2) is 36.5 Å². The maximum atomic E-state index is 5.76. The van der Waals surface area contributed by atoms with E-state index < -0.39 is 0 Å².